The highest BCUT2D eigenvalue weighted by Gasteiger charge is 2.34. The third kappa shape index (κ3) is 3.17. The number of amides is 1. The van der Waals surface area contributed by atoms with Crippen LogP contribution in [0.15, 0.2) is 108 Å². The average molecular weight is 431 g/mol. The maximum atomic E-state index is 13.7. The van der Waals surface area contributed by atoms with Crippen LogP contribution in [-0.2, 0) is 4.79 Å². The van der Waals surface area contributed by atoms with E-state index in [2.05, 4.69) is 51.6 Å². The van der Waals surface area contributed by atoms with Crippen LogP contribution in [0.4, 0.5) is 11.6 Å². The zero-order valence-corrected chi connectivity index (χ0v) is 18.1. The number of anilines is 2. The van der Waals surface area contributed by atoms with E-state index in [-0.39, 0.29) is 11.9 Å². The number of fused-ring (bicyclic) bond motifs is 4. The lowest BCUT2D eigenvalue weighted by atomic mass is 9.90. The number of allylic oxidation sites excluding steroid dienone is 1. The summed E-state index contributed by atoms with van der Waals surface area (Å²) >= 11 is 0. The molecule has 2 heterocycles. The van der Waals surface area contributed by atoms with E-state index in [9.17, 15) is 4.79 Å². The molecule has 0 aliphatic carbocycles. The Hall–Kier alpha value is -4.38. The molecule has 0 saturated carbocycles. The Balaban J connectivity index is 1.60. The third-order valence-corrected chi connectivity index (χ3v) is 6.22. The smallest absolute Gasteiger partial charge is 0.255 e. The number of imidazole rings is 1. The Kier molecular flexibility index (Phi) is 4.47. The molecule has 1 atom stereocenters. The summed E-state index contributed by atoms with van der Waals surface area (Å²) in [7, 11) is 0. The van der Waals surface area contributed by atoms with Crippen molar-refractivity contribution in [3.8, 4) is 0 Å². The minimum Gasteiger partial charge on any atom is -0.329 e. The zero-order chi connectivity index (χ0) is 22.4. The van der Waals surface area contributed by atoms with Gasteiger partial charge in [-0.3, -0.25) is 9.36 Å². The molecule has 6 rings (SSSR count). The Morgan fingerprint density at radius 2 is 1.61 bits per heavy atom. The standard InChI is InChI=1S/C28H22N4O/c1-18-25(27(33)30-20-12-3-2-4-13-20)26(22-15-9-11-19-10-5-6-14-21(19)22)32-24-17-8-7-16-23(24)31-28(32)29-18/h2-17,26H,1H3,(H,29,31)(H,30,33)/t26-/m0/s1. The van der Waals surface area contributed by atoms with Crippen LogP contribution in [0, 0.1) is 0 Å². The van der Waals surface area contributed by atoms with Crippen molar-refractivity contribution < 1.29 is 4.79 Å². The first kappa shape index (κ1) is 19.3. The van der Waals surface area contributed by atoms with E-state index in [1.165, 1.54) is 0 Å². The highest BCUT2D eigenvalue weighted by atomic mass is 16.1. The van der Waals surface area contributed by atoms with Crippen molar-refractivity contribution in [2.75, 3.05) is 10.6 Å². The summed E-state index contributed by atoms with van der Waals surface area (Å²) in [4.78, 5) is 18.5. The minimum atomic E-state index is -0.330. The number of rotatable bonds is 3. The zero-order valence-electron chi connectivity index (χ0n) is 18.1. The second kappa shape index (κ2) is 7.64. The van der Waals surface area contributed by atoms with Crippen LogP contribution in [0.1, 0.15) is 18.5 Å². The molecule has 4 aromatic carbocycles. The number of hydrogen-bond acceptors (Lipinski definition) is 3. The Bertz CT molecular complexity index is 1540. The second-order valence-corrected chi connectivity index (χ2v) is 8.25. The van der Waals surface area contributed by atoms with E-state index < -0.39 is 0 Å². The van der Waals surface area contributed by atoms with E-state index in [4.69, 9.17) is 4.98 Å². The lowest BCUT2D eigenvalue weighted by molar-refractivity contribution is -0.113. The molecule has 1 aromatic heterocycles. The van der Waals surface area contributed by atoms with Gasteiger partial charge in [-0.05, 0) is 47.5 Å². The second-order valence-electron chi connectivity index (χ2n) is 8.25. The Morgan fingerprint density at radius 3 is 2.48 bits per heavy atom. The number of para-hydroxylation sites is 3. The summed E-state index contributed by atoms with van der Waals surface area (Å²) in [6, 6.07) is 31.9. The summed E-state index contributed by atoms with van der Waals surface area (Å²) < 4.78 is 2.14. The third-order valence-electron chi connectivity index (χ3n) is 6.22. The van der Waals surface area contributed by atoms with E-state index in [0.29, 0.717) is 5.57 Å². The number of nitrogens with zero attached hydrogens (tertiary/aromatic N) is 2. The average Bonchev–Trinajstić information content (AvgIpc) is 3.21. The molecule has 1 aliphatic heterocycles. The van der Waals surface area contributed by atoms with Crippen LogP contribution < -0.4 is 10.6 Å². The van der Waals surface area contributed by atoms with Gasteiger partial charge in [0.05, 0.1) is 22.6 Å². The summed E-state index contributed by atoms with van der Waals surface area (Å²) in [5.41, 5.74) is 5.17. The highest BCUT2D eigenvalue weighted by Crippen LogP contribution is 2.41. The monoisotopic (exact) mass is 430 g/mol. The first-order valence-corrected chi connectivity index (χ1v) is 11.0. The van der Waals surface area contributed by atoms with Gasteiger partial charge in [-0.1, -0.05) is 72.8 Å². The molecular formula is C28H22N4O. The van der Waals surface area contributed by atoms with E-state index in [1.54, 1.807) is 0 Å². The van der Waals surface area contributed by atoms with Crippen LogP contribution in [0.3, 0.4) is 0 Å². The quantitative estimate of drug-likeness (QED) is 0.363. The molecule has 0 saturated heterocycles. The molecule has 5 heteroatoms. The number of hydrogen-bond donors (Lipinski definition) is 2. The summed E-state index contributed by atoms with van der Waals surface area (Å²) in [5, 5.41) is 8.73. The van der Waals surface area contributed by atoms with E-state index in [1.807, 2.05) is 67.6 Å². The molecule has 0 bridgehead atoms. The van der Waals surface area contributed by atoms with Crippen LogP contribution in [0.25, 0.3) is 21.8 Å². The van der Waals surface area contributed by atoms with Gasteiger partial charge in [0.25, 0.3) is 5.91 Å². The van der Waals surface area contributed by atoms with Crippen molar-refractivity contribution in [2.24, 2.45) is 0 Å². The van der Waals surface area contributed by atoms with Gasteiger partial charge in [0.1, 0.15) is 0 Å². The fraction of sp³-hybridized carbons (Fsp3) is 0.0714. The largest absolute Gasteiger partial charge is 0.329 e. The number of nitrogens with one attached hydrogen (secondary N) is 2. The maximum Gasteiger partial charge on any atom is 0.255 e. The molecule has 0 unspecified atom stereocenters. The van der Waals surface area contributed by atoms with Crippen molar-refractivity contribution >= 4 is 39.3 Å². The van der Waals surface area contributed by atoms with Gasteiger partial charge in [0, 0.05) is 11.4 Å². The number of carbonyl (C=O) groups excluding carboxylic acids is 1. The molecule has 2 N–H and O–H groups in total. The van der Waals surface area contributed by atoms with Gasteiger partial charge >= 0.3 is 0 Å². The number of carbonyl (C=O) groups is 1. The predicted molar refractivity (Wildman–Crippen MR) is 133 cm³/mol. The van der Waals surface area contributed by atoms with Gasteiger partial charge < -0.3 is 10.6 Å². The van der Waals surface area contributed by atoms with Gasteiger partial charge in [0.15, 0.2) is 0 Å². The van der Waals surface area contributed by atoms with E-state index in [0.717, 1.165) is 44.7 Å². The van der Waals surface area contributed by atoms with Gasteiger partial charge in [-0.2, -0.15) is 0 Å². The minimum absolute atomic E-state index is 0.132. The van der Waals surface area contributed by atoms with Crippen LogP contribution in [0.2, 0.25) is 0 Å². The normalized spacial score (nSPS) is 15.4. The molecule has 0 spiro atoms. The fourth-order valence-electron chi connectivity index (χ4n) is 4.76. The topological polar surface area (TPSA) is 59.0 Å². The number of benzene rings is 4. The van der Waals surface area contributed by atoms with Crippen molar-refractivity contribution in [2.45, 2.75) is 13.0 Å². The fourth-order valence-corrected chi connectivity index (χ4v) is 4.76. The Labute approximate surface area is 191 Å². The summed E-state index contributed by atoms with van der Waals surface area (Å²) in [6.45, 7) is 1.95. The van der Waals surface area contributed by atoms with E-state index >= 15 is 0 Å². The highest BCUT2D eigenvalue weighted by molar-refractivity contribution is 6.07. The molecule has 33 heavy (non-hydrogen) atoms. The molecule has 0 fully saturated rings. The molecule has 5 aromatic rings. The van der Waals surface area contributed by atoms with Crippen molar-refractivity contribution in [1.29, 1.82) is 0 Å². The van der Waals surface area contributed by atoms with Gasteiger partial charge in [-0.25, -0.2) is 4.98 Å². The van der Waals surface area contributed by atoms with Gasteiger partial charge in [-0.15, -0.1) is 0 Å². The Morgan fingerprint density at radius 1 is 0.879 bits per heavy atom. The molecular weight excluding hydrogens is 408 g/mol. The molecule has 5 nitrogen and oxygen atoms in total. The van der Waals surface area contributed by atoms with Crippen LogP contribution in [0.5, 0.6) is 0 Å². The van der Waals surface area contributed by atoms with Crippen LogP contribution in [-0.4, -0.2) is 15.5 Å². The van der Waals surface area contributed by atoms with Crippen LogP contribution >= 0.6 is 0 Å². The molecule has 160 valence electrons. The van der Waals surface area contributed by atoms with Gasteiger partial charge in [0.2, 0.25) is 5.95 Å². The lowest BCUT2D eigenvalue weighted by Gasteiger charge is -2.31. The maximum absolute atomic E-state index is 13.7. The van der Waals surface area contributed by atoms with Crippen molar-refractivity contribution in [1.82, 2.24) is 9.55 Å². The first-order valence-electron chi connectivity index (χ1n) is 11.0. The molecule has 1 aliphatic rings. The lowest BCUT2D eigenvalue weighted by Crippen LogP contribution is -2.31. The SMILES string of the molecule is CC1=C(C(=O)Nc2ccccc2)[C@H](c2cccc3ccccc23)n2c(nc3ccccc32)N1. The summed E-state index contributed by atoms with van der Waals surface area (Å²) in [5.74, 6) is 0.607. The molecule has 0 radical (unpaired) electrons. The van der Waals surface area contributed by atoms with Crippen molar-refractivity contribution in [3.05, 3.63) is 114 Å². The molecule has 1 amide bonds. The summed E-state index contributed by atoms with van der Waals surface area (Å²) in [6.07, 6.45) is 0. The number of aromatic nitrogens is 2. The predicted octanol–water partition coefficient (Wildman–Crippen LogP) is 6.12. The van der Waals surface area contributed by atoms with Crippen molar-refractivity contribution in [3.63, 3.8) is 0 Å². The first-order chi connectivity index (χ1) is 16.2.